The van der Waals surface area contributed by atoms with Crippen LogP contribution in [0.15, 0.2) is 0 Å². The van der Waals surface area contributed by atoms with Gasteiger partial charge in [-0.1, -0.05) is 0 Å². The standard InChI is InChI=1S/C12H24N2O3/c1-12(2,3)17-11(16)13-6-4-7-14-8-5-10(15)9-14/h10,15H,4-9H2,1-3H3,(H,13,16)/t10-/m1/s1. The van der Waals surface area contributed by atoms with Gasteiger partial charge in [0.2, 0.25) is 0 Å². The van der Waals surface area contributed by atoms with E-state index in [1.54, 1.807) is 0 Å². The number of carbonyl (C=O) groups is 1. The molecule has 0 radical (unpaired) electrons. The molecule has 0 aromatic rings. The highest BCUT2D eigenvalue weighted by Crippen LogP contribution is 2.08. The second-order valence-corrected chi connectivity index (χ2v) is 5.53. The van der Waals surface area contributed by atoms with Gasteiger partial charge in [0.05, 0.1) is 6.10 Å². The molecule has 0 aromatic heterocycles. The first-order valence-corrected chi connectivity index (χ1v) is 6.24. The fraction of sp³-hybridized carbons (Fsp3) is 0.917. The fourth-order valence-corrected chi connectivity index (χ4v) is 1.82. The van der Waals surface area contributed by atoms with E-state index in [-0.39, 0.29) is 12.2 Å². The summed E-state index contributed by atoms with van der Waals surface area (Å²) < 4.78 is 5.12. The second-order valence-electron chi connectivity index (χ2n) is 5.53. The van der Waals surface area contributed by atoms with Gasteiger partial charge in [0.25, 0.3) is 0 Å². The van der Waals surface area contributed by atoms with E-state index in [2.05, 4.69) is 10.2 Å². The van der Waals surface area contributed by atoms with Crippen molar-refractivity contribution >= 4 is 6.09 Å². The molecule has 1 aliphatic heterocycles. The molecule has 1 atom stereocenters. The summed E-state index contributed by atoms with van der Waals surface area (Å²) in [7, 11) is 0. The first-order valence-electron chi connectivity index (χ1n) is 6.24. The van der Waals surface area contributed by atoms with Crippen molar-refractivity contribution < 1.29 is 14.6 Å². The molecule has 5 heteroatoms. The summed E-state index contributed by atoms with van der Waals surface area (Å²) >= 11 is 0. The zero-order valence-corrected chi connectivity index (χ0v) is 11.0. The predicted octanol–water partition coefficient (Wildman–Crippen LogP) is 0.968. The minimum atomic E-state index is -0.441. The first kappa shape index (κ1) is 14.3. The number of alkyl carbamates (subject to hydrolysis) is 1. The highest BCUT2D eigenvalue weighted by Gasteiger charge is 2.19. The molecular formula is C12H24N2O3. The number of β-amino-alcohol motifs (C(OH)–C–C–N with tert-alkyl or cyclic N) is 1. The van der Waals surface area contributed by atoms with Crippen LogP contribution in [0, 0.1) is 0 Å². The Morgan fingerprint density at radius 3 is 2.76 bits per heavy atom. The molecule has 100 valence electrons. The van der Waals surface area contributed by atoms with Gasteiger partial charge in [-0.05, 0) is 40.2 Å². The van der Waals surface area contributed by atoms with Crippen molar-refractivity contribution in [3.8, 4) is 0 Å². The largest absolute Gasteiger partial charge is 0.444 e. The van der Waals surface area contributed by atoms with Crippen molar-refractivity contribution in [1.82, 2.24) is 10.2 Å². The summed E-state index contributed by atoms with van der Waals surface area (Å²) in [5, 5.41) is 12.1. The van der Waals surface area contributed by atoms with Crippen LogP contribution in [0.2, 0.25) is 0 Å². The lowest BCUT2D eigenvalue weighted by Gasteiger charge is -2.20. The number of aliphatic hydroxyl groups excluding tert-OH is 1. The molecule has 0 bridgehead atoms. The van der Waals surface area contributed by atoms with Crippen LogP contribution >= 0.6 is 0 Å². The summed E-state index contributed by atoms with van der Waals surface area (Å²) in [6, 6.07) is 0. The van der Waals surface area contributed by atoms with E-state index in [0.717, 1.165) is 32.5 Å². The molecule has 1 amide bonds. The summed E-state index contributed by atoms with van der Waals surface area (Å²) in [5.74, 6) is 0. The molecule has 0 aromatic carbocycles. The molecule has 0 saturated carbocycles. The number of carbonyl (C=O) groups excluding carboxylic acids is 1. The lowest BCUT2D eigenvalue weighted by atomic mass is 10.2. The van der Waals surface area contributed by atoms with E-state index in [0.29, 0.717) is 6.54 Å². The van der Waals surface area contributed by atoms with Crippen molar-refractivity contribution in [2.75, 3.05) is 26.2 Å². The summed E-state index contributed by atoms with van der Waals surface area (Å²) in [6.45, 7) is 8.77. The van der Waals surface area contributed by atoms with Gasteiger partial charge in [0.15, 0.2) is 0 Å². The topological polar surface area (TPSA) is 61.8 Å². The van der Waals surface area contributed by atoms with Gasteiger partial charge < -0.3 is 20.1 Å². The molecule has 5 nitrogen and oxygen atoms in total. The van der Waals surface area contributed by atoms with Gasteiger partial charge in [0, 0.05) is 19.6 Å². The number of aliphatic hydroxyl groups is 1. The Hall–Kier alpha value is -0.810. The number of hydrogen-bond donors (Lipinski definition) is 2. The zero-order chi connectivity index (χ0) is 12.9. The van der Waals surface area contributed by atoms with E-state index < -0.39 is 5.60 Å². The minimum absolute atomic E-state index is 0.172. The number of hydrogen-bond acceptors (Lipinski definition) is 4. The summed E-state index contributed by atoms with van der Waals surface area (Å²) in [4.78, 5) is 13.5. The van der Waals surface area contributed by atoms with Crippen LogP contribution in [0.1, 0.15) is 33.6 Å². The minimum Gasteiger partial charge on any atom is -0.444 e. The van der Waals surface area contributed by atoms with Crippen LogP contribution in [0.4, 0.5) is 4.79 Å². The number of rotatable bonds is 4. The molecule has 1 rings (SSSR count). The Balaban J connectivity index is 2.02. The van der Waals surface area contributed by atoms with Crippen LogP contribution in [0.3, 0.4) is 0 Å². The Morgan fingerprint density at radius 1 is 1.53 bits per heavy atom. The molecule has 17 heavy (non-hydrogen) atoms. The molecular weight excluding hydrogens is 220 g/mol. The average Bonchev–Trinajstić information content (AvgIpc) is 2.56. The molecule has 0 unspecified atom stereocenters. The Kier molecular flexibility index (Phi) is 5.21. The third-order valence-electron chi connectivity index (χ3n) is 2.57. The molecule has 1 heterocycles. The quantitative estimate of drug-likeness (QED) is 0.723. The fourth-order valence-electron chi connectivity index (χ4n) is 1.82. The summed E-state index contributed by atoms with van der Waals surface area (Å²) in [6.07, 6.45) is 1.21. The molecule has 0 aliphatic carbocycles. The van der Waals surface area contributed by atoms with Gasteiger partial charge in [-0.2, -0.15) is 0 Å². The van der Waals surface area contributed by atoms with Gasteiger partial charge >= 0.3 is 6.09 Å². The summed E-state index contributed by atoms with van der Waals surface area (Å²) in [5.41, 5.74) is -0.441. The zero-order valence-electron chi connectivity index (χ0n) is 11.0. The molecule has 1 aliphatic rings. The smallest absolute Gasteiger partial charge is 0.407 e. The Morgan fingerprint density at radius 2 is 2.24 bits per heavy atom. The average molecular weight is 244 g/mol. The molecule has 1 saturated heterocycles. The van der Waals surface area contributed by atoms with E-state index in [4.69, 9.17) is 4.74 Å². The van der Waals surface area contributed by atoms with Gasteiger partial charge in [0.1, 0.15) is 5.60 Å². The maximum Gasteiger partial charge on any atom is 0.407 e. The lowest BCUT2D eigenvalue weighted by Crippen LogP contribution is -2.34. The van der Waals surface area contributed by atoms with E-state index in [9.17, 15) is 9.90 Å². The van der Waals surface area contributed by atoms with Gasteiger partial charge in [-0.25, -0.2) is 4.79 Å². The van der Waals surface area contributed by atoms with Crippen molar-refractivity contribution in [2.45, 2.75) is 45.3 Å². The van der Waals surface area contributed by atoms with Crippen molar-refractivity contribution in [3.05, 3.63) is 0 Å². The molecule has 1 fully saturated rings. The Labute approximate surface area is 103 Å². The van der Waals surface area contributed by atoms with Crippen LogP contribution < -0.4 is 5.32 Å². The van der Waals surface area contributed by atoms with Crippen molar-refractivity contribution in [3.63, 3.8) is 0 Å². The number of nitrogens with one attached hydrogen (secondary N) is 1. The van der Waals surface area contributed by atoms with Crippen LogP contribution in [-0.4, -0.2) is 54.0 Å². The van der Waals surface area contributed by atoms with Gasteiger partial charge in [-0.15, -0.1) is 0 Å². The normalized spacial score (nSPS) is 21.5. The highest BCUT2D eigenvalue weighted by molar-refractivity contribution is 5.67. The molecule has 2 N–H and O–H groups in total. The van der Waals surface area contributed by atoms with Crippen molar-refractivity contribution in [1.29, 1.82) is 0 Å². The molecule has 0 spiro atoms. The van der Waals surface area contributed by atoms with Gasteiger partial charge in [-0.3, -0.25) is 0 Å². The van der Waals surface area contributed by atoms with Crippen molar-refractivity contribution in [2.24, 2.45) is 0 Å². The van der Waals surface area contributed by atoms with E-state index >= 15 is 0 Å². The number of likely N-dealkylation sites (tertiary alicyclic amines) is 1. The van der Waals surface area contributed by atoms with Crippen LogP contribution in [0.25, 0.3) is 0 Å². The number of nitrogens with zero attached hydrogens (tertiary/aromatic N) is 1. The number of ether oxygens (including phenoxy) is 1. The Bertz CT molecular complexity index is 251. The maximum atomic E-state index is 11.3. The maximum absolute atomic E-state index is 11.3. The number of amides is 1. The second kappa shape index (κ2) is 6.21. The predicted molar refractivity (Wildman–Crippen MR) is 65.9 cm³/mol. The monoisotopic (exact) mass is 244 g/mol. The van der Waals surface area contributed by atoms with Crippen LogP contribution in [-0.2, 0) is 4.74 Å². The third kappa shape index (κ3) is 6.48. The third-order valence-corrected chi connectivity index (χ3v) is 2.57. The lowest BCUT2D eigenvalue weighted by molar-refractivity contribution is 0.0525. The van der Waals surface area contributed by atoms with E-state index in [1.165, 1.54) is 0 Å². The van der Waals surface area contributed by atoms with E-state index in [1.807, 2.05) is 20.8 Å². The van der Waals surface area contributed by atoms with Crippen LogP contribution in [0.5, 0.6) is 0 Å². The SMILES string of the molecule is CC(C)(C)OC(=O)NCCCN1CC[C@@H](O)C1. The highest BCUT2D eigenvalue weighted by atomic mass is 16.6. The first-order chi connectivity index (χ1) is 7.87.